The summed E-state index contributed by atoms with van der Waals surface area (Å²) in [6.45, 7) is 1.70. The smallest absolute Gasteiger partial charge is 0.254 e. The summed E-state index contributed by atoms with van der Waals surface area (Å²) in [4.78, 5) is 27.5. The van der Waals surface area contributed by atoms with Crippen LogP contribution in [0.25, 0.3) is 0 Å². The highest BCUT2D eigenvalue weighted by Crippen LogP contribution is 2.23. The van der Waals surface area contributed by atoms with Gasteiger partial charge in [0, 0.05) is 19.2 Å². The second-order valence-electron chi connectivity index (χ2n) is 6.01. The lowest BCUT2D eigenvalue weighted by Gasteiger charge is -2.42. The van der Waals surface area contributed by atoms with Crippen LogP contribution in [0.3, 0.4) is 0 Å². The number of ether oxygens (including phenoxy) is 2. The predicted molar refractivity (Wildman–Crippen MR) is 79.4 cm³/mol. The molecule has 2 heterocycles. The number of morpholine rings is 1. The Hall–Kier alpha value is -1.99. The Labute approximate surface area is 133 Å². The molecular weight excluding hydrogens is 303 g/mol. The zero-order chi connectivity index (χ0) is 16.4. The third kappa shape index (κ3) is 3.35. The van der Waals surface area contributed by atoms with E-state index >= 15 is 0 Å². The molecule has 2 aliphatic rings. The summed E-state index contributed by atoms with van der Waals surface area (Å²) in [6.07, 6.45) is 0. The highest BCUT2D eigenvalue weighted by Gasteiger charge is 2.42. The molecule has 1 spiro atoms. The third-order valence-electron chi connectivity index (χ3n) is 4.15. The zero-order valence-electron chi connectivity index (χ0n) is 13.0. The second-order valence-corrected chi connectivity index (χ2v) is 6.01. The fraction of sp³-hybridized carbons (Fsp3) is 0.500. The van der Waals surface area contributed by atoms with Crippen LogP contribution < -0.4 is 0 Å². The van der Waals surface area contributed by atoms with Crippen LogP contribution in [0.5, 0.6) is 0 Å². The minimum atomic E-state index is -0.734. The number of hydrogen-bond acceptors (Lipinski definition) is 4. The Kier molecular flexibility index (Phi) is 4.32. The van der Waals surface area contributed by atoms with Crippen molar-refractivity contribution in [2.45, 2.75) is 5.60 Å². The van der Waals surface area contributed by atoms with Crippen LogP contribution in [0, 0.1) is 5.82 Å². The van der Waals surface area contributed by atoms with Gasteiger partial charge in [0.2, 0.25) is 5.91 Å². The third-order valence-corrected chi connectivity index (χ3v) is 4.15. The van der Waals surface area contributed by atoms with Crippen LogP contribution >= 0.6 is 0 Å². The molecule has 23 heavy (non-hydrogen) atoms. The van der Waals surface area contributed by atoms with Gasteiger partial charge in [0.05, 0.1) is 26.3 Å². The Balaban J connectivity index is 1.77. The topological polar surface area (TPSA) is 59.1 Å². The largest absolute Gasteiger partial charge is 0.368 e. The first-order valence-electron chi connectivity index (χ1n) is 7.50. The molecule has 6 nitrogen and oxygen atoms in total. The van der Waals surface area contributed by atoms with Crippen molar-refractivity contribution in [3.05, 3.63) is 35.6 Å². The average Bonchev–Trinajstić information content (AvgIpc) is 2.66. The van der Waals surface area contributed by atoms with Gasteiger partial charge in [-0.25, -0.2) is 4.39 Å². The van der Waals surface area contributed by atoms with E-state index in [9.17, 15) is 14.0 Å². The van der Waals surface area contributed by atoms with Gasteiger partial charge >= 0.3 is 0 Å². The van der Waals surface area contributed by atoms with Gasteiger partial charge < -0.3 is 19.3 Å². The molecule has 0 bridgehead atoms. The molecule has 2 aliphatic heterocycles. The summed E-state index contributed by atoms with van der Waals surface area (Å²) >= 11 is 0. The van der Waals surface area contributed by atoms with Crippen molar-refractivity contribution in [2.75, 3.05) is 46.5 Å². The van der Waals surface area contributed by atoms with Gasteiger partial charge in [0.25, 0.3) is 5.91 Å². The van der Waals surface area contributed by atoms with Gasteiger partial charge in [0.15, 0.2) is 0 Å². The van der Waals surface area contributed by atoms with E-state index < -0.39 is 11.4 Å². The molecule has 0 N–H and O–H groups in total. The lowest BCUT2D eigenvalue weighted by molar-refractivity contribution is -0.135. The molecule has 1 atom stereocenters. The van der Waals surface area contributed by atoms with Crippen LogP contribution in [0.2, 0.25) is 0 Å². The van der Waals surface area contributed by atoms with Crippen molar-refractivity contribution >= 4 is 11.8 Å². The second kappa shape index (κ2) is 6.25. The maximum atomic E-state index is 13.3. The van der Waals surface area contributed by atoms with Gasteiger partial charge in [-0.05, 0) is 18.2 Å². The van der Waals surface area contributed by atoms with E-state index in [1.807, 2.05) is 0 Å². The predicted octanol–water partition coefficient (Wildman–Crippen LogP) is 0.526. The lowest BCUT2D eigenvalue weighted by atomic mass is 10.0. The first kappa shape index (κ1) is 15.9. The standard InChI is InChI=1S/C16H19FN2O4/c1-18-9-16(11-22-8-14(18)20)10-19(5-6-23-16)15(21)12-3-2-4-13(17)7-12/h2-4,7H,5-6,8-11H2,1H3. The molecule has 2 fully saturated rings. The highest BCUT2D eigenvalue weighted by atomic mass is 19.1. The van der Waals surface area contributed by atoms with Crippen molar-refractivity contribution in [1.82, 2.24) is 9.80 Å². The SMILES string of the molecule is CN1CC2(COCC1=O)CN(C(=O)c1cccc(F)c1)CCO2. The van der Waals surface area contributed by atoms with Crippen LogP contribution in [-0.2, 0) is 14.3 Å². The first-order valence-corrected chi connectivity index (χ1v) is 7.50. The molecule has 1 unspecified atom stereocenters. The number of halogens is 1. The van der Waals surface area contributed by atoms with Crippen molar-refractivity contribution in [3.8, 4) is 0 Å². The molecule has 0 aromatic heterocycles. The molecule has 0 saturated carbocycles. The van der Waals surface area contributed by atoms with Gasteiger partial charge in [0.1, 0.15) is 18.0 Å². The maximum Gasteiger partial charge on any atom is 0.254 e. The molecule has 0 radical (unpaired) electrons. The molecule has 0 aliphatic carbocycles. The number of amides is 2. The monoisotopic (exact) mass is 322 g/mol. The summed E-state index contributed by atoms with van der Waals surface area (Å²) in [5, 5.41) is 0. The Bertz CT molecular complexity index is 624. The summed E-state index contributed by atoms with van der Waals surface area (Å²) in [7, 11) is 1.69. The van der Waals surface area contributed by atoms with Gasteiger partial charge in [-0.15, -0.1) is 0 Å². The number of carbonyl (C=O) groups is 2. The quantitative estimate of drug-likeness (QED) is 0.757. The Morgan fingerprint density at radius 2 is 2.17 bits per heavy atom. The number of rotatable bonds is 1. The van der Waals surface area contributed by atoms with E-state index in [1.165, 1.54) is 18.2 Å². The molecule has 2 saturated heterocycles. The number of hydrogen-bond donors (Lipinski definition) is 0. The van der Waals surface area contributed by atoms with Crippen LogP contribution in [0.4, 0.5) is 4.39 Å². The number of carbonyl (C=O) groups excluding carboxylic acids is 2. The maximum absolute atomic E-state index is 13.3. The van der Waals surface area contributed by atoms with Gasteiger partial charge in [-0.3, -0.25) is 9.59 Å². The highest BCUT2D eigenvalue weighted by molar-refractivity contribution is 5.94. The number of benzene rings is 1. The van der Waals surface area contributed by atoms with Crippen molar-refractivity contribution < 1.29 is 23.5 Å². The van der Waals surface area contributed by atoms with E-state index in [-0.39, 0.29) is 25.0 Å². The summed E-state index contributed by atoms with van der Waals surface area (Å²) in [5.74, 6) is -0.800. The minimum absolute atomic E-state index is 0.0133. The van der Waals surface area contributed by atoms with Gasteiger partial charge in [-0.2, -0.15) is 0 Å². The first-order chi connectivity index (χ1) is 11.0. The molecule has 1 aromatic rings. The van der Waals surface area contributed by atoms with E-state index in [0.29, 0.717) is 31.8 Å². The molecule has 7 heteroatoms. The van der Waals surface area contributed by atoms with Crippen molar-refractivity contribution in [1.29, 1.82) is 0 Å². The summed E-state index contributed by atoms with van der Waals surface area (Å²) < 4.78 is 24.6. The number of likely N-dealkylation sites (N-methyl/N-ethyl adjacent to an activating group) is 1. The molecule has 2 amide bonds. The van der Waals surface area contributed by atoms with E-state index in [4.69, 9.17) is 9.47 Å². The van der Waals surface area contributed by atoms with Gasteiger partial charge in [-0.1, -0.05) is 6.07 Å². The average molecular weight is 322 g/mol. The van der Waals surface area contributed by atoms with Crippen molar-refractivity contribution in [3.63, 3.8) is 0 Å². The molecule has 1 aromatic carbocycles. The number of nitrogens with zero attached hydrogens (tertiary/aromatic N) is 2. The van der Waals surface area contributed by atoms with E-state index in [2.05, 4.69) is 0 Å². The fourth-order valence-corrected chi connectivity index (χ4v) is 3.01. The normalized spacial score (nSPS) is 25.6. The fourth-order valence-electron chi connectivity index (χ4n) is 3.01. The van der Waals surface area contributed by atoms with E-state index in [1.54, 1.807) is 22.9 Å². The molecule has 124 valence electrons. The van der Waals surface area contributed by atoms with Crippen molar-refractivity contribution in [2.24, 2.45) is 0 Å². The summed E-state index contributed by atoms with van der Waals surface area (Å²) in [5.41, 5.74) is -0.427. The summed E-state index contributed by atoms with van der Waals surface area (Å²) in [6, 6.07) is 5.63. The Morgan fingerprint density at radius 3 is 2.96 bits per heavy atom. The molecule has 3 rings (SSSR count). The van der Waals surface area contributed by atoms with Crippen LogP contribution in [0.1, 0.15) is 10.4 Å². The zero-order valence-corrected chi connectivity index (χ0v) is 13.0. The van der Waals surface area contributed by atoms with Crippen LogP contribution in [0.15, 0.2) is 24.3 Å². The lowest BCUT2D eigenvalue weighted by Crippen LogP contribution is -2.59. The Morgan fingerprint density at radius 1 is 1.35 bits per heavy atom. The van der Waals surface area contributed by atoms with E-state index in [0.717, 1.165) is 0 Å². The van der Waals surface area contributed by atoms with Crippen LogP contribution in [-0.4, -0.2) is 73.7 Å². The molecular formula is C16H19FN2O4. The minimum Gasteiger partial charge on any atom is -0.368 e.